The summed E-state index contributed by atoms with van der Waals surface area (Å²) < 4.78 is 24.8. The number of nitrogens with zero attached hydrogens (tertiary/aromatic N) is 4. The molecule has 0 fully saturated rings. The minimum absolute atomic E-state index is 0.165. The summed E-state index contributed by atoms with van der Waals surface area (Å²) in [6.07, 6.45) is 1.55. The van der Waals surface area contributed by atoms with Crippen molar-refractivity contribution in [3.63, 3.8) is 0 Å². The van der Waals surface area contributed by atoms with Crippen molar-refractivity contribution < 1.29 is 18.3 Å². The minimum atomic E-state index is -0.422. The lowest BCUT2D eigenvalue weighted by Gasteiger charge is -2.09. The second-order valence-electron chi connectivity index (χ2n) is 6.65. The fourth-order valence-corrected chi connectivity index (χ4v) is 2.83. The predicted octanol–water partition coefficient (Wildman–Crippen LogP) is 2.29. The largest absolute Gasteiger partial charge is 0.475 e. The molecule has 162 valence electrons. The molecule has 1 amide bonds. The summed E-state index contributed by atoms with van der Waals surface area (Å²) in [5.41, 5.74) is 1.25. The average molecular weight is 435 g/mol. The van der Waals surface area contributed by atoms with E-state index in [0.717, 1.165) is 4.68 Å². The lowest BCUT2D eigenvalue weighted by atomic mass is 10.1. The third kappa shape index (κ3) is 5.22. The van der Waals surface area contributed by atoms with E-state index >= 15 is 0 Å². The van der Waals surface area contributed by atoms with E-state index in [4.69, 9.17) is 9.15 Å². The van der Waals surface area contributed by atoms with Crippen molar-refractivity contribution in [3.8, 4) is 28.6 Å². The van der Waals surface area contributed by atoms with E-state index in [0.29, 0.717) is 28.6 Å². The average Bonchev–Trinajstić information content (AvgIpc) is 3.34. The monoisotopic (exact) mass is 435 g/mol. The van der Waals surface area contributed by atoms with Gasteiger partial charge in [0.1, 0.15) is 24.7 Å². The Kier molecular flexibility index (Phi) is 6.30. The lowest BCUT2D eigenvalue weighted by Crippen LogP contribution is -2.35. The van der Waals surface area contributed by atoms with Crippen molar-refractivity contribution in [1.29, 1.82) is 0 Å². The van der Waals surface area contributed by atoms with Crippen molar-refractivity contribution in [3.05, 3.63) is 83.1 Å². The van der Waals surface area contributed by atoms with Gasteiger partial charge in [-0.05, 0) is 48.5 Å². The van der Waals surface area contributed by atoms with Gasteiger partial charge in [-0.15, -0.1) is 10.2 Å². The Morgan fingerprint density at radius 2 is 1.84 bits per heavy atom. The van der Waals surface area contributed by atoms with E-state index in [9.17, 15) is 14.0 Å². The van der Waals surface area contributed by atoms with E-state index in [1.165, 1.54) is 24.3 Å². The van der Waals surface area contributed by atoms with Gasteiger partial charge in [0, 0.05) is 17.7 Å². The first-order valence-electron chi connectivity index (χ1n) is 9.70. The van der Waals surface area contributed by atoms with Crippen molar-refractivity contribution in [2.24, 2.45) is 0 Å². The molecular weight excluding hydrogens is 417 g/mol. The van der Waals surface area contributed by atoms with Gasteiger partial charge in [0.25, 0.3) is 5.56 Å². The maximum Gasteiger partial charge on any atom is 0.267 e. The third-order valence-corrected chi connectivity index (χ3v) is 4.39. The molecule has 0 bridgehead atoms. The van der Waals surface area contributed by atoms with Crippen molar-refractivity contribution in [2.45, 2.75) is 6.54 Å². The van der Waals surface area contributed by atoms with Crippen molar-refractivity contribution >= 4 is 5.91 Å². The normalized spacial score (nSPS) is 10.7. The zero-order valence-corrected chi connectivity index (χ0v) is 16.8. The number of aromatic nitrogens is 4. The van der Waals surface area contributed by atoms with Crippen LogP contribution in [0.25, 0.3) is 22.7 Å². The molecule has 0 radical (unpaired) electrons. The molecular formula is C22H18FN5O4. The Bertz CT molecular complexity index is 1240. The number of carbonyl (C=O) groups excluding carboxylic acids is 1. The molecule has 1 aromatic carbocycles. The van der Waals surface area contributed by atoms with Crippen LogP contribution in [0, 0.1) is 5.82 Å². The summed E-state index contributed by atoms with van der Waals surface area (Å²) in [5.74, 6) is 0.130. The van der Waals surface area contributed by atoms with E-state index in [2.05, 4.69) is 20.6 Å². The SMILES string of the molecule is O=C(Cn1nc(-c2ccc(F)cc2)ccc1=O)NCCOc1ccc(-c2ccco2)nn1. The van der Waals surface area contributed by atoms with Crippen LogP contribution in [-0.4, -0.2) is 39.0 Å². The first-order chi connectivity index (χ1) is 15.6. The van der Waals surface area contributed by atoms with E-state index in [1.54, 1.807) is 42.7 Å². The van der Waals surface area contributed by atoms with Gasteiger partial charge in [0.05, 0.1) is 18.5 Å². The molecule has 4 rings (SSSR count). The minimum Gasteiger partial charge on any atom is -0.475 e. The van der Waals surface area contributed by atoms with E-state index in [-0.39, 0.29) is 25.5 Å². The highest BCUT2D eigenvalue weighted by molar-refractivity contribution is 5.75. The fourth-order valence-electron chi connectivity index (χ4n) is 2.83. The van der Waals surface area contributed by atoms with Crippen LogP contribution in [0.5, 0.6) is 5.88 Å². The van der Waals surface area contributed by atoms with Crippen LogP contribution in [0.4, 0.5) is 4.39 Å². The quantitative estimate of drug-likeness (QED) is 0.423. The summed E-state index contributed by atoms with van der Waals surface area (Å²) >= 11 is 0. The van der Waals surface area contributed by atoms with Gasteiger partial charge >= 0.3 is 0 Å². The molecule has 1 N–H and O–H groups in total. The maximum absolute atomic E-state index is 13.1. The molecule has 0 saturated carbocycles. The number of hydrogen-bond acceptors (Lipinski definition) is 7. The summed E-state index contributed by atoms with van der Waals surface area (Å²) in [6.45, 7) is 0.108. The van der Waals surface area contributed by atoms with Crippen molar-refractivity contribution in [2.75, 3.05) is 13.2 Å². The van der Waals surface area contributed by atoms with Crippen LogP contribution in [0.15, 0.2) is 76.1 Å². The number of furan rings is 1. The second-order valence-corrected chi connectivity index (χ2v) is 6.65. The molecule has 0 aliphatic heterocycles. The van der Waals surface area contributed by atoms with Crippen LogP contribution in [-0.2, 0) is 11.3 Å². The van der Waals surface area contributed by atoms with Crippen LogP contribution in [0.3, 0.4) is 0 Å². The van der Waals surface area contributed by atoms with Crippen LogP contribution in [0.1, 0.15) is 0 Å². The summed E-state index contributed by atoms with van der Waals surface area (Å²) in [7, 11) is 0. The van der Waals surface area contributed by atoms with Gasteiger partial charge in [-0.3, -0.25) is 9.59 Å². The smallest absolute Gasteiger partial charge is 0.267 e. The molecule has 32 heavy (non-hydrogen) atoms. The fraction of sp³-hybridized carbons (Fsp3) is 0.136. The molecule has 0 saturated heterocycles. The zero-order valence-electron chi connectivity index (χ0n) is 16.8. The third-order valence-electron chi connectivity index (χ3n) is 4.39. The molecule has 0 aliphatic rings. The molecule has 0 unspecified atom stereocenters. The Balaban J connectivity index is 1.27. The Morgan fingerprint density at radius 3 is 2.56 bits per heavy atom. The number of nitrogens with one attached hydrogen (secondary N) is 1. The highest BCUT2D eigenvalue weighted by atomic mass is 19.1. The highest BCUT2D eigenvalue weighted by Gasteiger charge is 2.09. The van der Waals surface area contributed by atoms with Gasteiger partial charge in [0.2, 0.25) is 11.8 Å². The number of rotatable bonds is 8. The summed E-state index contributed by atoms with van der Waals surface area (Å²) in [6, 6.07) is 15.4. The van der Waals surface area contributed by atoms with Crippen molar-refractivity contribution in [1.82, 2.24) is 25.3 Å². The van der Waals surface area contributed by atoms with Crippen LogP contribution >= 0.6 is 0 Å². The molecule has 4 aromatic rings. The van der Waals surface area contributed by atoms with E-state index in [1.807, 2.05) is 0 Å². The number of halogens is 1. The molecule has 0 aliphatic carbocycles. The Morgan fingerprint density at radius 1 is 1.03 bits per heavy atom. The van der Waals surface area contributed by atoms with Gasteiger partial charge < -0.3 is 14.5 Å². The van der Waals surface area contributed by atoms with E-state index < -0.39 is 11.5 Å². The van der Waals surface area contributed by atoms with Gasteiger partial charge in [-0.1, -0.05) is 0 Å². The number of benzene rings is 1. The standard InChI is InChI=1S/C22H18FN5O4/c23-16-5-3-15(4-6-16)17-8-10-22(30)28(27-17)14-20(29)24-11-13-32-21-9-7-18(25-26-21)19-2-1-12-31-19/h1-10,12H,11,13-14H2,(H,24,29). The topological polar surface area (TPSA) is 112 Å². The number of hydrogen-bond donors (Lipinski definition) is 1. The maximum atomic E-state index is 13.1. The highest BCUT2D eigenvalue weighted by Crippen LogP contribution is 2.18. The molecule has 9 nitrogen and oxygen atoms in total. The first-order valence-corrected chi connectivity index (χ1v) is 9.70. The van der Waals surface area contributed by atoms with Crippen LogP contribution in [0.2, 0.25) is 0 Å². The molecule has 0 spiro atoms. The summed E-state index contributed by atoms with van der Waals surface area (Å²) in [5, 5.41) is 14.8. The molecule has 3 aromatic heterocycles. The second kappa shape index (κ2) is 9.65. The first kappa shape index (κ1) is 20.9. The van der Waals surface area contributed by atoms with Crippen LogP contribution < -0.4 is 15.6 Å². The van der Waals surface area contributed by atoms with Gasteiger partial charge in [-0.2, -0.15) is 5.10 Å². The summed E-state index contributed by atoms with van der Waals surface area (Å²) in [4.78, 5) is 24.2. The number of carbonyl (C=O) groups is 1. The Labute approximate surface area is 181 Å². The van der Waals surface area contributed by atoms with Gasteiger partial charge in [-0.25, -0.2) is 9.07 Å². The number of ether oxygens (including phenoxy) is 1. The molecule has 10 heteroatoms. The predicted molar refractivity (Wildman–Crippen MR) is 112 cm³/mol. The number of amides is 1. The lowest BCUT2D eigenvalue weighted by molar-refractivity contribution is -0.122. The Hall–Kier alpha value is -4.34. The molecule has 0 atom stereocenters. The van der Waals surface area contributed by atoms with Gasteiger partial charge in [0.15, 0.2) is 5.76 Å². The molecule has 3 heterocycles. The zero-order chi connectivity index (χ0) is 22.3.